The molecular weight excluding hydrogens is 475 g/mol. The summed E-state index contributed by atoms with van der Waals surface area (Å²) in [4.78, 5) is 0. The summed E-state index contributed by atoms with van der Waals surface area (Å²) in [6.45, 7) is 16.3. The Morgan fingerprint density at radius 2 is 1.00 bits per heavy atom. The van der Waals surface area contributed by atoms with E-state index in [1.54, 1.807) is 0 Å². The first-order chi connectivity index (χ1) is 18.7. The van der Waals surface area contributed by atoms with Crippen LogP contribution in [0.25, 0.3) is 44.5 Å². The highest BCUT2D eigenvalue weighted by atomic mass is 15.2. The van der Waals surface area contributed by atoms with Crippen molar-refractivity contribution < 1.29 is 0 Å². The Balaban J connectivity index is 1.62. The number of hydrogen-bond acceptors (Lipinski definition) is 0. The van der Waals surface area contributed by atoms with Crippen molar-refractivity contribution in [3.8, 4) is 11.4 Å². The van der Waals surface area contributed by atoms with Crippen molar-refractivity contribution in [3.05, 3.63) is 89.0 Å². The number of hydrogen-bond donors (Lipinski definition) is 0. The first-order valence-corrected chi connectivity index (χ1v) is 14.1. The monoisotopic (exact) mass is 506 g/mol. The highest BCUT2D eigenvalue weighted by molar-refractivity contribution is 7.02. The SMILES string of the molecule is Cc1c(C)n2c3ccccc3c3c2n1-c1cc(C(C)(C)C)cc2c1B3c1c3ccccc3n3c(C)c(C)n-2c13. The third kappa shape index (κ3) is 2.24. The largest absolute Gasteiger partial charge is 0.299 e. The molecule has 0 spiro atoms. The van der Waals surface area contributed by atoms with Gasteiger partial charge in [0.25, 0.3) is 6.71 Å². The summed E-state index contributed by atoms with van der Waals surface area (Å²) >= 11 is 0. The van der Waals surface area contributed by atoms with Crippen molar-refractivity contribution in [1.29, 1.82) is 0 Å². The lowest BCUT2D eigenvalue weighted by Gasteiger charge is -2.34. The third-order valence-corrected chi connectivity index (χ3v) is 9.94. The Kier molecular flexibility index (Phi) is 3.65. The molecule has 3 aromatic carbocycles. The Hall–Kier alpha value is -4.12. The molecule has 4 aromatic heterocycles. The lowest BCUT2D eigenvalue weighted by Crippen LogP contribution is -2.59. The zero-order chi connectivity index (χ0) is 26.7. The van der Waals surface area contributed by atoms with Crippen molar-refractivity contribution in [1.82, 2.24) is 17.9 Å². The predicted molar refractivity (Wildman–Crippen MR) is 164 cm³/mol. The van der Waals surface area contributed by atoms with Gasteiger partial charge in [-0.25, -0.2) is 0 Å². The van der Waals surface area contributed by atoms with Crippen LogP contribution in [-0.4, -0.2) is 24.6 Å². The summed E-state index contributed by atoms with van der Waals surface area (Å²) in [6.07, 6.45) is 0. The highest BCUT2D eigenvalue weighted by Gasteiger charge is 2.45. The molecule has 2 aliphatic heterocycles. The van der Waals surface area contributed by atoms with Gasteiger partial charge < -0.3 is 0 Å². The smallest absolute Gasteiger partial charge is 0.258 e. The van der Waals surface area contributed by atoms with E-state index >= 15 is 0 Å². The fourth-order valence-corrected chi connectivity index (χ4v) is 7.90. The zero-order valence-electron chi connectivity index (χ0n) is 23.6. The van der Waals surface area contributed by atoms with E-state index in [9.17, 15) is 0 Å². The van der Waals surface area contributed by atoms with Crippen LogP contribution in [0.15, 0.2) is 60.7 Å². The third-order valence-electron chi connectivity index (χ3n) is 9.94. The normalized spacial score (nSPS) is 14.0. The Labute approximate surface area is 228 Å². The molecule has 0 atom stereocenters. The van der Waals surface area contributed by atoms with Gasteiger partial charge >= 0.3 is 0 Å². The number of imidazole rings is 2. The van der Waals surface area contributed by atoms with Crippen LogP contribution < -0.4 is 16.4 Å². The van der Waals surface area contributed by atoms with E-state index in [2.05, 4.69) is 127 Å². The van der Waals surface area contributed by atoms with Gasteiger partial charge in [0, 0.05) is 34.2 Å². The van der Waals surface area contributed by atoms with Crippen LogP contribution in [0.3, 0.4) is 0 Å². The first kappa shape index (κ1) is 21.8. The topological polar surface area (TPSA) is 18.7 Å². The molecule has 0 bridgehead atoms. The van der Waals surface area contributed by atoms with E-state index < -0.39 is 0 Å². The molecule has 0 saturated heterocycles. The molecular formula is C34H31BN4. The second kappa shape index (κ2) is 6.53. The van der Waals surface area contributed by atoms with Crippen molar-refractivity contribution in [2.24, 2.45) is 0 Å². The minimum atomic E-state index is 0.0276. The second-order valence-electron chi connectivity index (χ2n) is 12.8. The van der Waals surface area contributed by atoms with E-state index in [1.807, 2.05) is 0 Å². The van der Waals surface area contributed by atoms with Gasteiger partial charge in [0.2, 0.25) is 0 Å². The quantitative estimate of drug-likeness (QED) is 0.233. The fraction of sp³-hybridized carbons (Fsp3) is 0.235. The molecule has 2 aliphatic rings. The van der Waals surface area contributed by atoms with Gasteiger partial charge in [0.1, 0.15) is 11.3 Å². The Morgan fingerprint density at radius 3 is 1.44 bits per heavy atom. The van der Waals surface area contributed by atoms with Crippen molar-refractivity contribution in [2.45, 2.75) is 53.9 Å². The molecule has 0 unspecified atom stereocenters. The van der Waals surface area contributed by atoms with Gasteiger partial charge in [0.05, 0.1) is 11.0 Å². The van der Waals surface area contributed by atoms with Crippen LogP contribution in [0.5, 0.6) is 0 Å². The first-order valence-electron chi connectivity index (χ1n) is 14.1. The molecule has 0 N–H and O–H groups in total. The number of benzene rings is 3. The number of rotatable bonds is 0. The summed E-state index contributed by atoms with van der Waals surface area (Å²) in [5.74, 6) is 0. The van der Waals surface area contributed by atoms with Crippen molar-refractivity contribution in [3.63, 3.8) is 0 Å². The minimum absolute atomic E-state index is 0.0276. The predicted octanol–water partition coefficient (Wildman–Crippen LogP) is 5.75. The molecule has 0 amide bonds. The van der Waals surface area contributed by atoms with E-state index in [0.717, 1.165) is 0 Å². The highest BCUT2D eigenvalue weighted by Crippen LogP contribution is 2.39. The summed E-state index contributed by atoms with van der Waals surface area (Å²) in [7, 11) is 0. The molecule has 190 valence electrons. The summed E-state index contributed by atoms with van der Waals surface area (Å²) in [6, 6.07) is 23.0. The van der Waals surface area contributed by atoms with Crippen molar-refractivity contribution >= 4 is 56.2 Å². The zero-order valence-corrected chi connectivity index (χ0v) is 23.6. The Bertz CT molecular complexity index is 2110. The molecule has 0 fully saturated rings. The van der Waals surface area contributed by atoms with Crippen LogP contribution in [0.2, 0.25) is 0 Å². The van der Waals surface area contributed by atoms with Crippen LogP contribution >= 0.6 is 0 Å². The van der Waals surface area contributed by atoms with E-state index in [1.165, 1.54) is 89.2 Å². The van der Waals surface area contributed by atoms with E-state index in [4.69, 9.17) is 0 Å². The fourth-order valence-electron chi connectivity index (χ4n) is 7.90. The molecule has 6 heterocycles. The molecule has 7 aromatic rings. The standard InChI is InChI=1S/C34H31BN4/c1-18-20(3)38-27-16-22(34(5,6)7)17-28-31(27)35(29-23-12-8-10-14-25(23)36(18)32(29)38)30-24-13-9-11-15-26(24)37-19(2)21(4)39(28)33(30)37/h8-17H,1-7H3. The summed E-state index contributed by atoms with van der Waals surface area (Å²) in [5, 5.41) is 2.73. The van der Waals surface area contributed by atoms with Crippen LogP contribution in [0.4, 0.5) is 0 Å². The number of fused-ring (bicyclic) bond motifs is 10. The van der Waals surface area contributed by atoms with Gasteiger partial charge in [-0.05, 0) is 90.1 Å². The number of aromatic nitrogens is 4. The second-order valence-corrected chi connectivity index (χ2v) is 12.8. The average Bonchev–Trinajstić information content (AvgIpc) is 3.59. The molecule has 4 nitrogen and oxygen atoms in total. The lowest BCUT2D eigenvalue weighted by atomic mass is 9.34. The van der Waals surface area contributed by atoms with Gasteiger partial charge in [-0.2, -0.15) is 0 Å². The lowest BCUT2D eigenvalue weighted by molar-refractivity contribution is 0.589. The van der Waals surface area contributed by atoms with Crippen LogP contribution in [0, 0.1) is 27.7 Å². The van der Waals surface area contributed by atoms with Gasteiger partial charge in [-0.15, -0.1) is 0 Å². The van der Waals surface area contributed by atoms with Crippen molar-refractivity contribution in [2.75, 3.05) is 0 Å². The average molecular weight is 506 g/mol. The number of nitrogens with zero attached hydrogens (tertiary/aromatic N) is 4. The van der Waals surface area contributed by atoms with Gasteiger partial charge in [-0.1, -0.05) is 57.2 Å². The minimum Gasteiger partial charge on any atom is -0.299 e. The van der Waals surface area contributed by atoms with E-state index in [-0.39, 0.29) is 12.1 Å². The molecule has 0 radical (unpaired) electrons. The maximum atomic E-state index is 2.57. The molecule has 5 heteroatoms. The molecule has 0 aliphatic carbocycles. The maximum absolute atomic E-state index is 2.57. The maximum Gasteiger partial charge on any atom is 0.258 e. The van der Waals surface area contributed by atoms with Gasteiger partial charge in [0.15, 0.2) is 0 Å². The van der Waals surface area contributed by atoms with Crippen LogP contribution in [0.1, 0.15) is 49.1 Å². The summed E-state index contributed by atoms with van der Waals surface area (Å²) < 4.78 is 10.2. The molecule has 0 saturated carbocycles. The number of para-hydroxylation sites is 2. The van der Waals surface area contributed by atoms with Crippen LogP contribution in [-0.2, 0) is 5.41 Å². The molecule has 9 rings (SSSR count). The number of aryl methyl sites for hydroxylation is 2. The van der Waals surface area contributed by atoms with E-state index in [0.29, 0.717) is 0 Å². The Morgan fingerprint density at radius 1 is 0.564 bits per heavy atom. The molecule has 39 heavy (non-hydrogen) atoms. The van der Waals surface area contributed by atoms with Gasteiger partial charge in [-0.3, -0.25) is 17.9 Å². The summed E-state index contributed by atoms with van der Waals surface area (Å²) in [5.41, 5.74) is 19.0.